The number of hydrogen-bond donors (Lipinski definition) is 1. The summed E-state index contributed by atoms with van der Waals surface area (Å²) in [6, 6.07) is 10.7. The standard InChI is InChI=1S/C22H17F4N3/c1-29(2)21-12(11-13-14(23)5-3-6-15(13)24)9-10-18-20(21)28-22(27-18)19-16(25)7-4-8-17(19)26/h3-10H,11H2,1-2H3,(H,27,28). The van der Waals surface area contributed by atoms with E-state index in [9.17, 15) is 17.6 Å². The van der Waals surface area contributed by atoms with Crippen LogP contribution in [0, 0.1) is 23.3 Å². The van der Waals surface area contributed by atoms with Crippen molar-refractivity contribution in [1.29, 1.82) is 0 Å². The average molecular weight is 399 g/mol. The highest BCUT2D eigenvalue weighted by molar-refractivity contribution is 5.93. The van der Waals surface area contributed by atoms with Crippen LogP contribution in [-0.4, -0.2) is 24.1 Å². The zero-order chi connectivity index (χ0) is 20.7. The van der Waals surface area contributed by atoms with E-state index in [2.05, 4.69) is 9.97 Å². The molecule has 0 amide bonds. The zero-order valence-corrected chi connectivity index (χ0v) is 15.7. The Morgan fingerprint density at radius 3 is 2.00 bits per heavy atom. The van der Waals surface area contributed by atoms with Crippen LogP contribution in [-0.2, 0) is 6.42 Å². The minimum absolute atomic E-state index is 0.0121. The molecule has 0 atom stereocenters. The maximum absolute atomic E-state index is 14.2. The molecule has 0 aliphatic heterocycles. The number of benzene rings is 3. The molecule has 0 saturated carbocycles. The zero-order valence-electron chi connectivity index (χ0n) is 15.7. The first-order valence-corrected chi connectivity index (χ1v) is 8.93. The molecule has 0 aliphatic carbocycles. The summed E-state index contributed by atoms with van der Waals surface area (Å²) >= 11 is 0. The summed E-state index contributed by atoms with van der Waals surface area (Å²) in [5, 5.41) is 0. The van der Waals surface area contributed by atoms with Gasteiger partial charge in [-0.25, -0.2) is 22.5 Å². The number of hydrogen-bond acceptors (Lipinski definition) is 2. The summed E-state index contributed by atoms with van der Waals surface area (Å²) in [5.74, 6) is -2.68. The lowest BCUT2D eigenvalue weighted by Crippen LogP contribution is -2.13. The SMILES string of the molecule is CN(C)c1c(Cc2c(F)cccc2F)ccc2[nH]c(-c3c(F)cccc3F)nc12. The Morgan fingerprint density at radius 2 is 1.41 bits per heavy atom. The van der Waals surface area contributed by atoms with E-state index in [1.165, 1.54) is 24.3 Å². The number of aromatic nitrogens is 2. The molecular weight excluding hydrogens is 382 g/mol. The molecule has 0 bridgehead atoms. The van der Waals surface area contributed by atoms with E-state index in [0.29, 0.717) is 22.3 Å². The van der Waals surface area contributed by atoms with E-state index in [-0.39, 0.29) is 23.4 Å². The second-order valence-electron chi connectivity index (χ2n) is 6.92. The summed E-state index contributed by atoms with van der Waals surface area (Å²) in [6.45, 7) is 0. The normalized spacial score (nSPS) is 11.2. The van der Waals surface area contributed by atoms with Crippen molar-refractivity contribution in [3.05, 3.63) is 82.9 Å². The molecule has 0 radical (unpaired) electrons. The first-order valence-electron chi connectivity index (χ1n) is 8.93. The van der Waals surface area contributed by atoms with Crippen LogP contribution in [0.25, 0.3) is 22.4 Å². The van der Waals surface area contributed by atoms with Crippen molar-refractivity contribution in [3.63, 3.8) is 0 Å². The minimum atomic E-state index is -0.732. The van der Waals surface area contributed by atoms with Gasteiger partial charge in [-0.1, -0.05) is 18.2 Å². The Bertz CT molecular complexity index is 1170. The van der Waals surface area contributed by atoms with E-state index >= 15 is 0 Å². The van der Waals surface area contributed by atoms with Crippen LogP contribution in [0.4, 0.5) is 23.2 Å². The van der Waals surface area contributed by atoms with Crippen LogP contribution >= 0.6 is 0 Å². The van der Waals surface area contributed by atoms with Gasteiger partial charge >= 0.3 is 0 Å². The molecular formula is C22H17F4N3. The molecule has 4 rings (SSSR count). The Kier molecular flexibility index (Phi) is 4.74. The lowest BCUT2D eigenvalue weighted by molar-refractivity contribution is 0.561. The smallest absolute Gasteiger partial charge is 0.144 e. The quantitative estimate of drug-likeness (QED) is 0.463. The van der Waals surface area contributed by atoms with Gasteiger partial charge in [0.25, 0.3) is 0 Å². The molecule has 0 fully saturated rings. The molecule has 1 aromatic heterocycles. The fourth-order valence-corrected chi connectivity index (χ4v) is 3.48. The van der Waals surface area contributed by atoms with Crippen LogP contribution in [0.3, 0.4) is 0 Å². The predicted molar refractivity (Wildman–Crippen MR) is 105 cm³/mol. The molecule has 0 saturated heterocycles. The number of nitrogens with zero attached hydrogens (tertiary/aromatic N) is 2. The van der Waals surface area contributed by atoms with Gasteiger partial charge in [0.15, 0.2) is 0 Å². The van der Waals surface area contributed by atoms with Crippen LogP contribution in [0.5, 0.6) is 0 Å². The number of aromatic amines is 1. The predicted octanol–water partition coefficient (Wildman–Crippen LogP) is 5.44. The van der Waals surface area contributed by atoms with Gasteiger partial charge in [0.1, 0.15) is 34.6 Å². The number of H-pyrrole nitrogens is 1. The third-order valence-electron chi connectivity index (χ3n) is 4.79. The van der Waals surface area contributed by atoms with Crippen LogP contribution in [0.2, 0.25) is 0 Å². The fourth-order valence-electron chi connectivity index (χ4n) is 3.48. The van der Waals surface area contributed by atoms with Crippen molar-refractivity contribution >= 4 is 16.7 Å². The molecule has 29 heavy (non-hydrogen) atoms. The summed E-state index contributed by atoms with van der Waals surface area (Å²) < 4.78 is 56.6. The molecule has 4 aromatic rings. The number of nitrogens with one attached hydrogen (secondary N) is 1. The Labute approximate surface area is 164 Å². The summed E-state index contributed by atoms with van der Waals surface area (Å²) in [7, 11) is 3.54. The topological polar surface area (TPSA) is 31.9 Å². The molecule has 3 nitrogen and oxygen atoms in total. The van der Waals surface area contributed by atoms with Gasteiger partial charge in [-0.3, -0.25) is 0 Å². The lowest BCUT2D eigenvalue weighted by Gasteiger charge is -2.18. The summed E-state index contributed by atoms with van der Waals surface area (Å²) in [4.78, 5) is 9.11. The van der Waals surface area contributed by atoms with Crippen molar-refractivity contribution in [2.75, 3.05) is 19.0 Å². The van der Waals surface area contributed by atoms with E-state index < -0.39 is 23.3 Å². The third kappa shape index (κ3) is 3.33. The van der Waals surface area contributed by atoms with Crippen LogP contribution < -0.4 is 4.90 Å². The molecule has 0 spiro atoms. The van der Waals surface area contributed by atoms with Crippen LogP contribution in [0.15, 0.2) is 48.5 Å². The number of imidazole rings is 1. The van der Waals surface area contributed by atoms with E-state index in [4.69, 9.17) is 0 Å². The van der Waals surface area contributed by atoms with Crippen molar-refractivity contribution in [2.24, 2.45) is 0 Å². The summed E-state index contributed by atoms with van der Waals surface area (Å²) in [6.07, 6.45) is 0.0121. The highest BCUT2D eigenvalue weighted by Gasteiger charge is 2.20. The monoisotopic (exact) mass is 399 g/mol. The highest BCUT2D eigenvalue weighted by atomic mass is 19.1. The number of halogens is 4. The average Bonchev–Trinajstić information content (AvgIpc) is 3.07. The molecule has 0 aliphatic rings. The van der Waals surface area contributed by atoms with E-state index in [0.717, 1.165) is 12.1 Å². The molecule has 3 aromatic carbocycles. The third-order valence-corrected chi connectivity index (χ3v) is 4.79. The van der Waals surface area contributed by atoms with Crippen molar-refractivity contribution in [2.45, 2.75) is 6.42 Å². The minimum Gasteiger partial charge on any atom is -0.376 e. The van der Waals surface area contributed by atoms with Gasteiger partial charge in [0, 0.05) is 26.1 Å². The fraction of sp³-hybridized carbons (Fsp3) is 0.136. The first kappa shape index (κ1) is 19.0. The molecule has 1 N–H and O–H groups in total. The Morgan fingerprint density at radius 1 is 0.828 bits per heavy atom. The summed E-state index contributed by atoms with van der Waals surface area (Å²) in [5.41, 5.74) is 1.97. The second kappa shape index (κ2) is 7.24. The van der Waals surface area contributed by atoms with Crippen LogP contribution in [0.1, 0.15) is 11.1 Å². The number of rotatable bonds is 4. The Balaban J connectivity index is 1.89. The van der Waals surface area contributed by atoms with Crippen molar-refractivity contribution < 1.29 is 17.6 Å². The van der Waals surface area contributed by atoms with E-state index in [1.54, 1.807) is 31.1 Å². The van der Waals surface area contributed by atoms with Gasteiger partial charge in [0.2, 0.25) is 0 Å². The number of anilines is 1. The Hall–Kier alpha value is -3.35. The lowest BCUT2D eigenvalue weighted by atomic mass is 10.0. The maximum Gasteiger partial charge on any atom is 0.144 e. The largest absolute Gasteiger partial charge is 0.376 e. The molecule has 7 heteroatoms. The van der Waals surface area contributed by atoms with E-state index in [1.807, 2.05) is 0 Å². The van der Waals surface area contributed by atoms with Gasteiger partial charge in [0.05, 0.1) is 16.8 Å². The highest BCUT2D eigenvalue weighted by Crippen LogP contribution is 2.34. The van der Waals surface area contributed by atoms with Gasteiger partial charge in [-0.2, -0.15) is 0 Å². The number of fused-ring (bicyclic) bond motifs is 1. The molecule has 148 valence electrons. The second-order valence-corrected chi connectivity index (χ2v) is 6.92. The molecule has 0 unspecified atom stereocenters. The van der Waals surface area contributed by atoms with Gasteiger partial charge in [-0.15, -0.1) is 0 Å². The molecule has 1 heterocycles. The maximum atomic E-state index is 14.2. The van der Waals surface area contributed by atoms with Gasteiger partial charge < -0.3 is 9.88 Å². The van der Waals surface area contributed by atoms with Crippen molar-refractivity contribution in [3.8, 4) is 11.4 Å². The van der Waals surface area contributed by atoms with Gasteiger partial charge in [-0.05, 0) is 35.9 Å². The van der Waals surface area contributed by atoms with Crippen molar-refractivity contribution in [1.82, 2.24) is 9.97 Å². The first-order chi connectivity index (χ1) is 13.9.